The molecule has 1 rings (SSSR count). The average molecular weight is 197 g/mol. The molecule has 0 fully saturated rings. The molecule has 1 aromatic heterocycles. The smallest absolute Gasteiger partial charge is 0.255 e. The Morgan fingerprint density at radius 3 is 2.93 bits per heavy atom. The Morgan fingerprint density at radius 1 is 1.71 bits per heavy atom. The molecule has 1 aromatic rings. The average Bonchev–Trinajstić information content (AvgIpc) is 2.18. The summed E-state index contributed by atoms with van der Waals surface area (Å²) in [5.41, 5.74) is 5.64. The van der Waals surface area contributed by atoms with Crippen LogP contribution >= 0.6 is 0 Å². The fraction of sp³-hybridized carbons (Fsp3) is 0.556. The second-order valence-electron chi connectivity index (χ2n) is 2.92. The fourth-order valence-corrected chi connectivity index (χ4v) is 1.12. The van der Waals surface area contributed by atoms with Crippen LogP contribution in [-0.2, 0) is 11.3 Å². The third kappa shape index (κ3) is 2.40. The Morgan fingerprint density at radius 2 is 2.43 bits per heavy atom. The van der Waals surface area contributed by atoms with Gasteiger partial charge in [-0.05, 0) is 13.8 Å². The van der Waals surface area contributed by atoms with Crippen molar-refractivity contribution < 1.29 is 4.74 Å². The Hall–Kier alpha value is -1.20. The Bertz CT molecular complexity index is 348. The van der Waals surface area contributed by atoms with E-state index >= 15 is 0 Å². The Balaban J connectivity index is 2.91. The van der Waals surface area contributed by atoms with Gasteiger partial charge in [-0.2, -0.15) is 0 Å². The predicted octanol–water partition coefficient (Wildman–Crippen LogP) is 0.326. The first-order valence-electron chi connectivity index (χ1n) is 4.58. The van der Waals surface area contributed by atoms with Crippen molar-refractivity contribution in [1.82, 2.24) is 9.97 Å². The maximum absolute atomic E-state index is 11.3. The van der Waals surface area contributed by atoms with Crippen molar-refractivity contribution in [2.45, 2.75) is 26.5 Å². The summed E-state index contributed by atoms with van der Waals surface area (Å²) in [4.78, 5) is 18.1. The summed E-state index contributed by atoms with van der Waals surface area (Å²) in [5.74, 6) is 0.536. The largest absolute Gasteiger partial charge is 0.371 e. The lowest BCUT2D eigenvalue weighted by molar-refractivity contribution is 0.0698. The molecule has 1 unspecified atom stereocenters. The molecule has 0 aliphatic rings. The van der Waals surface area contributed by atoms with E-state index in [9.17, 15) is 4.79 Å². The molecule has 0 amide bonds. The first-order valence-corrected chi connectivity index (χ1v) is 4.58. The van der Waals surface area contributed by atoms with E-state index in [1.807, 2.05) is 13.8 Å². The van der Waals surface area contributed by atoms with Crippen LogP contribution in [0.25, 0.3) is 0 Å². The number of hydrogen-bond acceptors (Lipinski definition) is 4. The highest BCUT2D eigenvalue weighted by molar-refractivity contribution is 5.06. The van der Waals surface area contributed by atoms with E-state index in [4.69, 9.17) is 10.5 Å². The third-order valence-electron chi connectivity index (χ3n) is 1.91. The van der Waals surface area contributed by atoms with Crippen molar-refractivity contribution in [3.8, 4) is 0 Å². The molecule has 0 spiro atoms. The minimum atomic E-state index is -0.195. The van der Waals surface area contributed by atoms with Gasteiger partial charge in [0.1, 0.15) is 11.9 Å². The van der Waals surface area contributed by atoms with Crippen molar-refractivity contribution in [3.05, 3.63) is 27.9 Å². The van der Waals surface area contributed by atoms with Crippen LogP contribution in [-0.4, -0.2) is 16.6 Å². The molecule has 5 nitrogen and oxygen atoms in total. The lowest BCUT2D eigenvalue weighted by Gasteiger charge is -2.10. The molecular weight excluding hydrogens is 182 g/mol. The van der Waals surface area contributed by atoms with E-state index in [2.05, 4.69) is 9.97 Å². The van der Waals surface area contributed by atoms with Crippen molar-refractivity contribution in [2.75, 3.05) is 6.61 Å². The molecular formula is C9H15N3O2. The van der Waals surface area contributed by atoms with Gasteiger partial charge in [-0.15, -0.1) is 0 Å². The van der Waals surface area contributed by atoms with Gasteiger partial charge in [-0.25, -0.2) is 4.98 Å². The van der Waals surface area contributed by atoms with E-state index < -0.39 is 0 Å². The molecule has 0 aromatic carbocycles. The highest BCUT2D eigenvalue weighted by Crippen LogP contribution is 2.09. The number of nitrogens with zero attached hydrogens (tertiary/aromatic N) is 1. The maximum Gasteiger partial charge on any atom is 0.255 e. The molecule has 0 saturated carbocycles. The van der Waals surface area contributed by atoms with Gasteiger partial charge in [-0.1, -0.05) is 0 Å². The van der Waals surface area contributed by atoms with E-state index in [-0.39, 0.29) is 18.2 Å². The zero-order valence-corrected chi connectivity index (χ0v) is 8.41. The van der Waals surface area contributed by atoms with Crippen LogP contribution in [0.4, 0.5) is 0 Å². The Kier molecular flexibility index (Phi) is 3.79. The van der Waals surface area contributed by atoms with Gasteiger partial charge >= 0.3 is 0 Å². The summed E-state index contributed by atoms with van der Waals surface area (Å²) in [6, 6.07) is 0. The lowest BCUT2D eigenvalue weighted by Crippen LogP contribution is -2.20. The third-order valence-corrected chi connectivity index (χ3v) is 1.91. The molecule has 5 heteroatoms. The minimum Gasteiger partial charge on any atom is -0.371 e. The van der Waals surface area contributed by atoms with Gasteiger partial charge in [0.2, 0.25) is 0 Å². The van der Waals surface area contributed by atoms with Gasteiger partial charge in [-0.3, -0.25) is 4.79 Å². The summed E-state index contributed by atoms with van der Waals surface area (Å²) in [5, 5.41) is 0. The van der Waals surface area contributed by atoms with Crippen LogP contribution in [0.3, 0.4) is 0 Å². The monoisotopic (exact) mass is 197 g/mol. The van der Waals surface area contributed by atoms with Crippen LogP contribution in [0.15, 0.2) is 11.0 Å². The number of hydrogen-bond donors (Lipinski definition) is 2. The number of aromatic amines is 1. The molecule has 3 N–H and O–H groups in total. The summed E-state index contributed by atoms with van der Waals surface area (Å²) < 4.78 is 5.29. The molecule has 1 heterocycles. The van der Waals surface area contributed by atoms with Gasteiger partial charge < -0.3 is 15.5 Å². The number of aromatic nitrogens is 2. The van der Waals surface area contributed by atoms with Crippen molar-refractivity contribution >= 4 is 0 Å². The molecule has 0 radical (unpaired) electrons. The highest BCUT2D eigenvalue weighted by atomic mass is 16.5. The van der Waals surface area contributed by atoms with Gasteiger partial charge in [0, 0.05) is 24.9 Å². The first kappa shape index (κ1) is 10.9. The SMILES string of the molecule is CCOC(C)c1ncc(CN)c(=O)[nH]1. The number of nitrogens with two attached hydrogens (primary N) is 1. The van der Waals surface area contributed by atoms with E-state index in [1.54, 1.807) is 0 Å². The molecule has 0 bridgehead atoms. The number of rotatable bonds is 4. The van der Waals surface area contributed by atoms with Crippen LogP contribution in [0.2, 0.25) is 0 Å². The molecule has 78 valence electrons. The van der Waals surface area contributed by atoms with E-state index in [1.165, 1.54) is 6.20 Å². The van der Waals surface area contributed by atoms with E-state index in [0.717, 1.165) is 0 Å². The fourth-order valence-electron chi connectivity index (χ4n) is 1.12. The van der Waals surface area contributed by atoms with Crippen molar-refractivity contribution in [1.29, 1.82) is 0 Å². The second kappa shape index (κ2) is 4.88. The summed E-state index contributed by atoms with van der Waals surface area (Å²) in [6.45, 7) is 4.52. The lowest BCUT2D eigenvalue weighted by atomic mass is 10.3. The molecule has 1 atom stereocenters. The maximum atomic E-state index is 11.3. The topological polar surface area (TPSA) is 81.0 Å². The summed E-state index contributed by atoms with van der Waals surface area (Å²) in [7, 11) is 0. The number of H-pyrrole nitrogens is 1. The van der Waals surface area contributed by atoms with Gasteiger partial charge in [0.25, 0.3) is 5.56 Å². The van der Waals surface area contributed by atoms with Gasteiger partial charge in [0.15, 0.2) is 0 Å². The quantitative estimate of drug-likeness (QED) is 0.728. The number of ether oxygens (including phenoxy) is 1. The first-order chi connectivity index (χ1) is 6.69. The molecule has 0 aliphatic carbocycles. The van der Waals surface area contributed by atoms with Crippen molar-refractivity contribution in [3.63, 3.8) is 0 Å². The summed E-state index contributed by atoms with van der Waals surface area (Å²) in [6.07, 6.45) is 1.29. The molecule has 0 aliphatic heterocycles. The molecule has 0 saturated heterocycles. The second-order valence-corrected chi connectivity index (χ2v) is 2.92. The predicted molar refractivity (Wildman–Crippen MR) is 52.8 cm³/mol. The zero-order valence-electron chi connectivity index (χ0n) is 8.41. The minimum absolute atomic E-state index is 0.191. The highest BCUT2D eigenvalue weighted by Gasteiger charge is 2.08. The Labute approximate surface area is 82.3 Å². The van der Waals surface area contributed by atoms with Crippen LogP contribution < -0.4 is 11.3 Å². The standard InChI is InChI=1S/C9H15N3O2/c1-3-14-6(2)8-11-5-7(4-10)9(13)12-8/h5-6H,3-4,10H2,1-2H3,(H,11,12,13). The summed E-state index contributed by atoms with van der Waals surface area (Å²) >= 11 is 0. The zero-order chi connectivity index (χ0) is 10.6. The number of nitrogens with one attached hydrogen (secondary N) is 1. The van der Waals surface area contributed by atoms with Crippen molar-refractivity contribution in [2.24, 2.45) is 5.73 Å². The molecule has 14 heavy (non-hydrogen) atoms. The van der Waals surface area contributed by atoms with E-state index in [0.29, 0.717) is 18.0 Å². The van der Waals surface area contributed by atoms with Crippen LogP contribution in [0, 0.1) is 0 Å². The van der Waals surface area contributed by atoms with Crippen LogP contribution in [0.5, 0.6) is 0 Å². The normalized spacial score (nSPS) is 12.8. The van der Waals surface area contributed by atoms with Gasteiger partial charge in [0.05, 0.1) is 0 Å². The van der Waals surface area contributed by atoms with Crippen LogP contribution in [0.1, 0.15) is 31.3 Å².